The Labute approximate surface area is 316 Å². The molecule has 0 unspecified atom stereocenters. The maximum atomic E-state index is 6.54. The van der Waals surface area contributed by atoms with Gasteiger partial charge < -0.3 is 13.6 Å². The van der Waals surface area contributed by atoms with Gasteiger partial charge in [-0.3, -0.25) is 0 Å². The molecule has 256 valence electrons. The lowest BCUT2D eigenvalue weighted by Crippen LogP contribution is -1.95. The zero-order valence-corrected chi connectivity index (χ0v) is 29.8. The first kappa shape index (κ1) is 30.1. The van der Waals surface area contributed by atoms with Gasteiger partial charge in [0.1, 0.15) is 5.58 Å². The molecule has 3 heteroatoms. The van der Waals surface area contributed by atoms with Crippen LogP contribution >= 0.6 is 0 Å². The molecule has 12 rings (SSSR count). The molecule has 0 aliphatic carbocycles. The molecule has 0 N–H and O–H groups in total. The van der Waals surface area contributed by atoms with Crippen LogP contribution in [0.15, 0.2) is 199 Å². The molecule has 0 radical (unpaired) electrons. The van der Waals surface area contributed by atoms with Crippen molar-refractivity contribution in [2.75, 3.05) is 0 Å². The fraction of sp³-hybridized carbons (Fsp3) is 0. The van der Waals surface area contributed by atoms with Crippen LogP contribution in [0.4, 0.5) is 0 Å². The van der Waals surface area contributed by atoms with Crippen LogP contribution in [0.2, 0.25) is 0 Å². The summed E-state index contributed by atoms with van der Waals surface area (Å²) in [7, 11) is 0. The SMILES string of the molecule is c1cc(-c2cccc3ccccc23)cc(-n2c3ccccc3c3ccc(-c4ccc5c(c4)c4ccccc4n5-c4cccc5c4oc4ccccc45)cc32)c1. The Morgan fingerprint density at radius 3 is 1.84 bits per heavy atom. The fourth-order valence-electron chi connectivity index (χ4n) is 9.04. The highest BCUT2D eigenvalue weighted by atomic mass is 16.3. The molecule has 3 nitrogen and oxygen atoms in total. The van der Waals surface area contributed by atoms with E-state index >= 15 is 0 Å². The third-order valence-corrected chi connectivity index (χ3v) is 11.5. The predicted octanol–water partition coefficient (Wildman–Crippen LogP) is 14.3. The van der Waals surface area contributed by atoms with Gasteiger partial charge in [-0.2, -0.15) is 0 Å². The van der Waals surface area contributed by atoms with Crippen LogP contribution in [0.1, 0.15) is 0 Å². The lowest BCUT2D eigenvalue weighted by Gasteiger charge is -2.12. The Morgan fingerprint density at radius 2 is 0.945 bits per heavy atom. The number of aromatic nitrogens is 2. The normalized spacial score (nSPS) is 12.0. The van der Waals surface area contributed by atoms with E-state index in [0.29, 0.717) is 0 Å². The van der Waals surface area contributed by atoms with Crippen molar-refractivity contribution in [3.05, 3.63) is 194 Å². The number of hydrogen-bond donors (Lipinski definition) is 0. The third-order valence-electron chi connectivity index (χ3n) is 11.5. The molecule has 0 fully saturated rings. The second-order valence-corrected chi connectivity index (χ2v) is 14.5. The van der Waals surface area contributed by atoms with E-state index in [1.165, 1.54) is 65.6 Å². The van der Waals surface area contributed by atoms with Gasteiger partial charge >= 0.3 is 0 Å². The van der Waals surface area contributed by atoms with Crippen molar-refractivity contribution in [3.8, 4) is 33.6 Å². The third kappa shape index (κ3) is 4.44. The lowest BCUT2D eigenvalue weighted by molar-refractivity contribution is 0.666. The number of para-hydroxylation sites is 4. The summed E-state index contributed by atoms with van der Waals surface area (Å²) in [5, 5.41) is 9.69. The van der Waals surface area contributed by atoms with Crippen LogP contribution < -0.4 is 0 Å². The van der Waals surface area contributed by atoms with Crippen LogP contribution in [-0.2, 0) is 0 Å². The number of nitrogens with zero attached hydrogens (tertiary/aromatic N) is 2. The molecule has 0 aliphatic heterocycles. The summed E-state index contributed by atoms with van der Waals surface area (Å²) < 4.78 is 11.3. The van der Waals surface area contributed by atoms with E-state index in [0.717, 1.165) is 44.3 Å². The average Bonchev–Trinajstić information content (AvgIpc) is 3.91. The van der Waals surface area contributed by atoms with Gasteiger partial charge in [-0.05, 0) is 87.6 Å². The summed E-state index contributed by atoms with van der Waals surface area (Å²) in [5.41, 5.74) is 13.5. The quantitative estimate of drug-likeness (QED) is 0.179. The second-order valence-electron chi connectivity index (χ2n) is 14.5. The first-order valence-electron chi connectivity index (χ1n) is 18.8. The Balaban J connectivity index is 1.05. The minimum atomic E-state index is 0.901. The van der Waals surface area contributed by atoms with Crippen molar-refractivity contribution in [3.63, 3.8) is 0 Å². The molecular formula is C52H32N2O. The van der Waals surface area contributed by atoms with Crippen LogP contribution in [-0.4, -0.2) is 9.13 Å². The smallest absolute Gasteiger partial charge is 0.159 e. The fourth-order valence-corrected chi connectivity index (χ4v) is 9.04. The molecular weight excluding hydrogens is 669 g/mol. The first-order valence-corrected chi connectivity index (χ1v) is 18.8. The van der Waals surface area contributed by atoms with Gasteiger partial charge in [-0.1, -0.05) is 140 Å². The van der Waals surface area contributed by atoms with Crippen LogP contribution in [0.25, 0.3) is 110 Å². The van der Waals surface area contributed by atoms with Crippen molar-refractivity contribution in [1.29, 1.82) is 0 Å². The molecule has 0 saturated carbocycles. The van der Waals surface area contributed by atoms with E-state index in [4.69, 9.17) is 4.42 Å². The van der Waals surface area contributed by atoms with Crippen molar-refractivity contribution >= 4 is 76.3 Å². The zero-order valence-electron chi connectivity index (χ0n) is 29.8. The van der Waals surface area contributed by atoms with Crippen LogP contribution in [0.3, 0.4) is 0 Å². The molecule has 12 aromatic rings. The molecule has 0 spiro atoms. The summed E-state index contributed by atoms with van der Waals surface area (Å²) in [6.45, 7) is 0. The van der Waals surface area contributed by atoms with Crippen LogP contribution in [0, 0.1) is 0 Å². The topological polar surface area (TPSA) is 23.0 Å². The molecule has 0 saturated heterocycles. The predicted molar refractivity (Wildman–Crippen MR) is 231 cm³/mol. The molecule has 3 heterocycles. The number of furan rings is 1. The highest BCUT2D eigenvalue weighted by Gasteiger charge is 2.19. The number of fused-ring (bicyclic) bond motifs is 10. The van der Waals surface area contributed by atoms with E-state index in [1.807, 2.05) is 6.07 Å². The van der Waals surface area contributed by atoms with E-state index in [-0.39, 0.29) is 0 Å². The summed E-state index contributed by atoms with van der Waals surface area (Å²) in [6, 6.07) is 70.3. The van der Waals surface area contributed by atoms with E-state index < -0.39 is 0 Å². The number of benzene rings is 9. The monoisotopic (exact) mass is 700 g/mol. The molecule has 55 heavy (non-hydrogen) atoms. The van der Waals surface area contributed by atoms with E-state index in [9.17, 15) is 0 Å². The van der Waals surface area contributed by atoms with Crippen molar-refractivity contribution < 1.29 is 4.42 Å². The first-order chi connectivity index (χ1) is 27.3. The van der Waals surface area contributed by atoms with Gasteiger partial charge in [0.05, 0.1) is 27.8 Å². The molecule has 0 bridgehead atoms. The summed E-state index contributed by atoms with van der Waals surface area (Å²) in [4.78, 5) is 0. The maximum absolute atomic E-state index is 6.54. The highest BCUT2D eigenvalue weighted by Crippen LogP contribution is 2.41. The van der Waals surface area contributed by atoms with Crippen LogP contribution in [0.5, 0.6) is 0 Å². The van der Waals surface area contributed by atoms with Gasteiger partial charge in [0.15, 0.2) is 5.58 Å². The number of hydrogen-bond acceptors (Lipinski definition) is 1. The van der Waals surface area contributed by atoms with E-state index in [2.05, 4.69) is 197 Å². The Bertz CT molecular complexity index is 3500. The van der Waals surface area contributed by atoms with Gasteiger partial charge in [0.25, 0.3) is 0 Å². The minimum absolute atomic E-state index is 0.901. The van der Waals surface area contributed by atoms with Gasteiger partial charge in [0, 0.05) is 38.0 Å². The molecule has 0 aliphatic rings. The largest absolute Gasteiger partial charge is 0.454 e. The Kier molecular flexibility index (Phi) is 6.34. The molecule has 9 aromatic carbocycles. The zero-order chi connectivity index (χ0) is 36.0. The standard InChI is InChI=1S/C52H32N2O/c1-2-16-38-33(12-1)13-10-20-39(38)36-14-9-15-37(30-36)53-46-22-6-3-17-40(46)42-28-26-35(32-50(42)53)34-27-29-48-45(31-34)41-18-4-7-23-47(41)54(48)49-24-11-21-44-43-19-5-8-25-51(43)55-52(44)49/h1-32H. The van der Waals surface area contributed by atoms with Crippen molar-refractivity contribution in [1.82, 2.24) is 9.13 Å². The minimum Gasteiger partial charge on any atom is -0.454 e. The Morgan fingerprint density at radius 1 is 0.327 bits per heavy atom. The highest BCUT2D eigenvalue weighted by molar-refractivity contribution is 6.14. The lowest BCUT2D eigenvalue weighted by atomic mass is 9.98. The molecule has 0 amide bonds. The summed E-state index contributed by atoms with van der Waals surface area (Å²) in [6.07, 6.45) is 0. The Hall–Kier alpha value is -7.36. The average molecular weight is 701 g/mol. The summed E-state index contributed by atoms with van der Waals surface area (Å²) >= 11 is 0. The van der Waals surface area contributed by atoms with Crippen molar-refractivity contribution in [2.24, 2.45) is 0 Å². The van der Waals surface area contributed by atoms with Gasteiger partial charge in [-0.15, -0.1) is 0 Å². The summed E-state index contributed by atoms with van der Waals surface area (Å²) in [5.74, 6) is 0. The molecule has 0 atom stereocenters. The van der Waals surface area contributed by atoms with Gasteiger partial charge in [-0.25, -0.2) is 0 Å². The van der Waals surface area contributed by atoms with Crippen molar-refractivity contribution in [2.45, 2.75) is 0 Å². The maximum Gasteiger partial charge on any atom is 0.159 e. The van der Waals surface area contributed by atoms with E-state index in [1.54, 1.807) is 0 Å². The number of rotatable bonds is 4. The van der Waals surface area contributed by atoms with Gasteiger partial charge in [0.2, 0.25) is 0 Å². The second kappa shape index (κ2) is 11.6. The molecule has 3 aromatic heterocycles.